The topological polar surface area (TPSA) is 0 Å². The Bertz CT molecular complexity index is 326. The fraction of sp³-hybridized carbons (Fsp3) is 0.538. The Morgan fingerprint density at radius 2 is 1.94 bits per heavy atom. The molecule has 1 rings (SSSR count). The highest BCUT2D eigenvalue weighted by Crippen LogP contribution is 2.29. The average molecular weight is 247 g/mol. The monoisotopic (exact) mass is 246 g/mol. The van der Waals surface area contributed by atoms with Crippen LogP contribution in [0.1, 0.15) is 50.0 Å². The van der Waals surface area contributed by atoms with Crippen LogP contribution >= 0.6 is 11.6 Å². The second-order valence-electron chi connectivity index (χ2n) is 3.98. The van der Waals surface area contributed by atoms with Gasteiger partial charge in [-0.05, 0) is 24.6 Å². The first-order chi connectivity index (χ1) is 7.65. The van der Waals surface area contributed by atoms with Crippen LogP contribution in [0.4, 0.5) is 8.78 Å². The van der Waals surface area contributed by atoms with E-state index in [1.54, 1.807) is 0 Å². The Kier molecular flexibility index (Phi) is 5.75. The van der Waals surface area contributed by atoms with E-state index in [0.717, 1.165) is 37.8 Å². The molecule has 16 heavy (non-hydrogen) atoms. The summed E-state index contributed by atoms with van der Waals surface area (Å²) in [5.74, 6) is -0.854. The number of benzene rings is 1. The van der Waals surface area contributed by atoms with E-state index in [1.807, 2.05) is 0 Å². The van der Waals surface area contributed by atoms with Gasteiger partial charge in [-0.15, -0.1) is 11.6 Å². The Balaban J connectivity index is 2.51. The Morgan fingerprint density at radius 3 is 2.62 bits per heavy atom. The lowest BCUT2D eigenvalue weighted by molar-refractivity contribution is 0.565. The molecule has 0 fully saturated rings. The van der Waals surface area contributed by atoms with Crippen molar-refractivity contribution in [3.8, 4) is 0 Å². The molecular formula is C13H17ClF2. The van der Waals surface area contributed by atoms with Crippen molar-refractivity contribution >= 4 is 11.6 Å². The standard InChI is InChI=1S/C13H17ClF2/c1-2-3-4-5-6-12(14)11-9-10(15)7-8-13(11)16/h7-9,12H,2-6H2,1H3. The predicted octanol–water partition coefficient (Wildman–Crippen LogP) is 5.22. The zero-order chi connectivity index (χ0) is 12.0. The molecule has 3 heteroatoms. The normalized spacial score (nSPS) is 12.8. The van der Waals surface area contributed by atoms with E-state index in [1.165, 1.54) is 6.07 Å². The first kappa shape index (κ1) is 13.4. The van der Waals surface area contributed by atoms with Gasteiger partial charge in [0.25, 0.3) is 0 Å². The summed E-state index contributed by atoms with van der Waals surface area (Å²) >= 11 is 6.06. The van der Waals surface area contributed by atoms with E-state index in [2.05, 4.69) is 6.92 Å². The smallest absolute Gasteiger partial charge is 0.128 e. The van der Waals surface area contributed by atoms with Crippen molar-refractivity contribution in [2.24, 2.45) is 0 Å². The first-order valence-electron chi connectivity index (χ1n) is 5.74. The minimum atomic E-state index is -0.435. The van der Waals surface area contributed by atoms with Gasteiger partial charge in [0.15, 0.2) is 0 Å². The number of alkyl halides is 1. The third-order valence-corrected chi connectivity index (χ3v) is 3.06. The maximum atomic E-state index is 13.3. The van der Waals surface area contributed by atoms with E-state index >= 15 is 0 Å². The molecule has 0 N–H and O–H groups in total. The Morgan fingerprint density at radius 1 is 1.19 bits per heavy atom. The molecule has 1 aromatic carbocycles. The van der Waals surface area contributed by atoms with Gasteiger partial charge in [0, 0.05) is 5.56 Å². The van der Waals surface area contributed by atoms with E-state index in [4.69, 9.17) is 11.6 Å². The average Bonchev–Trinajstić information content (AvgIpc) is 2.27. The highest BCUT2D eigenvalue weighted by molar-refractivity contribution is 6.20. The molecule has 0 aliphatic rings. The third kappa shape index (κ3) is 4.09. The molecule has 0 heterocycles. The van der Waals surface area contributed by atoms with Gasteiger partial charge in [0.1, 0.15) is 11.6 Å². The number of halogens is 3. The van der Waals surface area contributed by atoms with Crippen LogP contribution in [-0.2, 0) is 0 Å². The lowest BCUT2D eigenvalue weighted by Crippen LogP contribution is -1.96. The van der Waals surface area contributed by atoms with E-state index < -0.39 is 17.0 Å². The van der Waals surface area contributed by atoms with Crippen molar-refractivity contribution in [2.45, 2.75) is 44.4 Å². The van der Waals surface area contributed by atoms with Gasteiger partial charge >= 0.3 is 0 Å². The fourth-order valence-electron chi connectivity index (χ4n) is 1.66. The summed E-state index contributed by atoms with van der Waals surface area (Å²) in [5, 5.41) is -0.424. The van der Waals surface area contributed by atoms with Crippen LogP contribution in [0.15, 0.2) is 18.2 Å². The van der Waals surface area contributed by atoms with Crippen molar-refractivity contribution in [1.82, 2.24) is 0 Å². The van der Waals surface area contributed by atoms with Crippen molar-refractivity contribution in [3.05, 3.63) is 35.4 Å². The van der Waals surface area contributed by atoms with Gasteiger partial charge in [-0.25, -0.2) is 8.78 Å². The largest absolute Gasteiger partial charge is 0.207 e. The van der Waals surface area contributed by atoms with Gasteiger partial charge in [-0.1, -0.05) is 32.6 Å². The third-order valence-electron chi connectivity index (χ3n) is 2.61. The Labute approximate surface area is 101 Å². The van der Waals surface area contributed by atoms with Gasteiger partial charge in [0.05, 0.1) is 5.38 Å². The number of rotatable bonds is 6. The summed E-state index contributed by atoms with van der Waals surface area (Å²) in [5.41, 5.74) is 0.276. The SMILES string of the molecule is CCCCCCC(Cl)c1cc(F)ccc1F. The fourth-order valence-corrected chi connectivity index (χ4v) is 1.98. The summed E-state index contributed by atoms with van der Waals surface area (Å²) in [6, 6.07) is 3.43. The molecule has 0 aromatic heterocycles. The van der Waals surface area contributed by atoms with Crippen LogP contribution in [0.25, 0.3) is 0 Å². The highest BCUT2D eigenvalue weighted by Gasteiger charge is 2.13. The molecule has 1 atom stereocenters. The summed E-state index contributed by atoms with van der Waals surface area (Å²) in [7, 11) is 0. The molecule has 0 aliphatic carbocycles. The summed E-state index contributed by atoms with van der Waals surface area (Å²) in [4.78, 5) is 0. The summed E-state index contributed by atoms with van der Waals surface area (Å²) in [6.07, 6.45) is 5.06. The minimum Gasteiger partial charge on any atom is -0.207 e. The van der Waals surface area contributed by atoms with E-state index in [9.17, 15) is 8.78 Å². The van der Waals surface area contributed by atoms with Crippen LogP contribution < -0.4 is 0 Å². The molecule has 0 nitrogen and oxygen atoms in total. The molecule has 90 valence electrons. The summed E-state index contributed by atoms with van der Waals surface area (Å²) < 4.78 is 26.3. The van der Waals surface area contributed by atoms with Crippen LogP contribution in [0.2, 0.25) is 0 Å². The molecule has 0 spiro atoms. The van der Waals surface area contributed by atoms with Crippen molar-refractivity contribution in [2.75, 3.05) is 0 Å². The predicted molar refractivity (Wildman–Crippen MR) is 63.7 cm³/mol. The van der Waals surface area contributed by atoms with E-state index in [0.29, 0.717) is 6.42 Å². The molecule has 1 aromatic rings. The molecular weight excluding hydrogens is 230 g/mol. The molecule has 0 aliphatic heterocycles. The summed E-state index contributed by atoms with van der Waals surface area (Å²) in [6.45, 7) is 2.13. The van der Waals surface area contributed by atoms with Crippen LogP contribution in [-0.4, -0.2) is 0 Å². The molecule has 0 bridgehead atoms. The second kappa shape index (κ2) is 6.85. The lowest BCUT2D eigenvalue weighted by atomic mass is 10.0. The van der Waals surface area contributed by atoms with E-state index in [-0.39, 0.29) is 5.56 Å². The van der Waals surface area contributed by atoms with Gasteiger partial charge in [-0.3, -0.25) is 0 Å². The van der Waals surface area contributed by atoms with Crippen molar-refractivity contribution in [1.29, 1.82) is 0 Å². The molecule has 0 amide bonds. The Hall–Kier alpha value is -0.630. The highest BCUT2D eigenvalue weighted by atomic mass is 35.5. The quantitative estimate of drug-likeness (QED) is 0.477. The molecule has 0 saturated heterocycles. The lowest BCUT2D eigenvalue weighted by Gasteiger charge is -2.10. The molecule has 0 radical (unpaired) electrons. The van der Waals surface area contributed by atoms with Crippen LogP contribution in [0.5, 0.6) is 0 Å². The van der Waals surface area contributed by atoms with Crippen molar-refractivity contribution in [3.63, 3.8) is 0 Å². The number of unbranched alkanes of at least 4 members (excludes halogenated alkanes) is 3. The number of hydrogen-bond donors (Lipinski definition) is 0. The van der Waals surface area contributed by atoms with Gasteiger partial charge in [-0.2, -0.15) is 0 Å². The van der Waals surface area contributed by atoms with Crippen molar-refractivity contribution < 1.29 is 8.78 Å². The van der Waals surface area contributed by atoms with Crippen LogP contribution in [0.3, 0.4) is 0 Å². The first-order valence-corrected chi connectivity index (χ1v) is 6.17. The number of hydrogen-bond acceptors (Lipinski definition) is 0. The molecule has 1 unspecified atom stereocenters. The minimum absolute atomic E-state index is 0.276. The van der Waals surface area contributed by atoms with Gasteiger partial charge < -0.3 is 0 Å². The maximum absolute atomic E-state index is 13.3. The van der Waals surface area contributed by atoms with Gasteiger partial charge in [0.2, 0.25) is 0 Å². The molecule has 0 saturated carbocycles. The second-order valence-corrected chi connectivity index (χ2v) is 4.51. The zero-order valence-electron chi connectivity index (χ0n) is 9.48. The maximum Gasteiger partial charge on any atom is 0.128 e. The zero-order valence-corrected chi connectivity index (χ0v) is 10.2. The van der Waals surface area contributed by atoms with Crippen LogP contribution in [0, 0.1) is 11.6 Å².